The summed E-state index contributed by atoms with van der Waals surface area (Å²) in [5, 5.41) is 7.75. The molecule has 0 spiro atoms. The first-order valence-corrected chi connectivity index (χ1v) is 4.45. The Bertz CT molecular complexity index is 310. The predicted molar refractivity (Wildman–Crippen MR) is 52.2 cm³/mol. The van der Waals surface area contributed by atoms with Crippen molar-refractivity contribution in [1.29, 1.82) is 0 Å². The molecule has 0 amide bonds. The molecule has 1 N–H and O–H groups in total. The summed E-state index contributed by atoms with van der Waals surface area (Å²) < 4.78 is 0. The summed E-state index contributed by atoms with van der Waals surface area (Å²) in [5.41, 5.74) is 2.08. The van der Waals surface area contributed by atoms with Gasteiger partial charge in [-0.1, -0.05) is 29.8 Å². The van der Waals surface area contributed by atoms with Crippen LogP contribution in [-0.4, -0.2) is 16.5 Å². The fourth-order valence-electron chi connectivity index (χ4n) is 1.13. The summed E-state index contributed by atoms with van der Waals surface area (Å²) >= 11 is 5.60. The number of carboxylic acid groups (broad SMARTS) is 1. The van der Waals surface area contributed by atoms with E-state index in [1.807, 2.05) is 31.2 Å². The van der Waals surface area contributed by atoms with Gasteiger partial charge >= 0.3 is 5.97 Å². The van der Waals surface area contributed by atoms with Gasteiger partial charge in [-0.05, 0) is 18.9 Å². The highest BCUT2D eigenvalue weighted by Crippen LogP contribution is 2.10. The van der Waals surface area contributed by atoms with Gasteiger partial charge in [0.05, 0.1) is 0 Å². The molecular formula is C10H11ClO2. The highest BCUT2D eigenvalue weighted by Gasteiger charge is 2.13. The van der Waals surface area contributed by atoms with Crippen molar-refractivity contribution in [2.45, 2.75) is 18.7 Å². The fraction of sp³-hybridized carbons (Fsp3) is 0.300. The number of carbonyl (C=O) groups is 1. The van der Waals surface area contributed by atoms with Crippen LogP contribution >= 0.6 is 11.6 Å². The Hall–Kier alpha value is -1.02. The lowest BCUT2D eigenvalue weighted by molar-refractivity contribution is -0.136. The van der Waals surface area contributed by atoms with Crippen molar-refractivity contribution < 1.29 is 9.90 Å². The summed E-state index contributed by atoms with van der Waals surface area (Å²) in [5.74, 6) is -0.969. The van der Waals surface area contributed by atoms with Gasteiger partial charge in [-0.15, -0.1) is 11.6 Å². The van der Waals surface area contributed by atoms with Crippen molar-refractivity contribution in [3.8, 4) is 0 Å². The SMILES string of the molecule is Cc1cccc(CC(Cl)C(=O)O)c1. The fourth-order valence-corrected chi connectivity index (χ4v) is 1.31. The van der Waals surface area contributed by atoms with Crippen molar-refractivity contribution in [2.75, 3.05) is 0 Å². The van der Waals surface area contributed by atoms with E-state index in [0.29, 0.717) is 6.42 Å². The summed E-state index contributed by atoms with van der Waals surface area (Å²) in [6.45, 7) is 1.97. The molecule has 0 aliphatic carbocycles. The molecule has 0 bridgehead atoms. The summed E-state index contributed by atoms with van der Waals surface area (Å²) in [6.07, 6.45) is 0.374. The van der Waals surface area contributed by atoms with Crippen LogP contribution in [0.5, 0.6) is 0 Å². The molecule has 1 aromatic rings. The molecule has 1 atom stereocenters. The van der Waals surface area contributed by atoms with Gasteiger partial charge in [0.2, 0.25) is 0 Å². The quantitative estimate of drug-likeness (QED) is 0.757. The number of hydrogen-bond donors (Lipinski definition) is 1. The van der Waals surface area contributed by atoms with Crippen LogP contribution in [-0.2, 0) is 11.2 Å². The third kappa shape index (κ3) is 3.07. The van der Waals surface area contributed by atoms with Gasteiger partial charge in [-0.2, -0.15) is 0 Å². The Kier molecular flexibility index (Phi) is 3.32. The highest BCUT2D eigenvalue weighted by atomic mass is 35.5. The first-order valence-electron chi connectivity index (χ1n) is 4.02. The Balaban J connectivity index is 2.69. The molecule has 0 saturated heterocycles. The van der Waals surface area contributed by atoms with Crippen molar-refractivity contribution in [1.82, 2.24) is 0 Å². The Morgan fingerprint density at radius 1 is 1.62 bits per heavy atom. The second-order valence-electron chi connectivity index (χ2n) is 3.00. The van der Waals surface area contributed by atoms with E-state index in [0.717, 1.165) is 11.1 Å². The van der Waals surface area contributed by atoms with Gasteiger partial charge in [0.1, 0.15) is 5.38 Å². The first kappa shape index (κ1) is 10.1. The smallest absolute Gasteiger partial charge is 0.321 e. The number of alkyl halides is 1. The zero-order chi connectivity index (χ0) is 9.84. The maximum atomic E-state index is 10.5. The molecular weight excluding hydrogens is 188 g/mol. The van der Waals surface area contributed by atoms with Crippen molar-refractivity contribution in [3.63, 3.8) is 0 Å². The van der Waals surface area contributed by atoms with Crippen LogP contribution < -0.4 is 0 Å². The van der Waals surface area contributed by atoms with Crippen LogP contribution in [0.25, 0.3) is 0 Å². The monoisotopic (exact) mass is 198 g/mol. The number of aliphatic carboxylic acids is 1. The van der Waals surface area contributed by atoms with Gasteiger partial charge in [0.25, 0.3) is 0 Å². The standard InChI is InChI=1S/C10H11ClO2/c1-7-3-2-4-8(5-7)6-9(11)10(12)13/h2-5,9H,6H2,1H3,(H,12,13). The van der Waals surface area contributed by atoms with Crippen LogP contribution in [0.3, 0.4) is 0 Å². The van der Waals surface area contributed by atoms with E-state index in [1.165, 1.54) is 0 Å². The van der Waals surface area contributed by atoms with E-state index in [4.69, 9.17) is 16.7 Å². The number of carboxylic acids is 1. The predicted octanol–water partition coefficient (Wildman–Crippen LogP) is 2.23. The van der Waals surface area contributed by atoms with E-state index in [9.17, 15) is 4.79 Å². The number of benzene rings is 1. The average Bonchev–Trinajstić information content (AvgIpc) is 2.04. The zero-order valence-electron chi connectivity index (χ0n) is 7.33. The van der Waals surface area contributed by atoms with Crippen LogP contribution in [0.4, 0.5) is 0 Å². The second kappa shape index (κ2) is 4.28. The van der Waals surface area contributed by atoms with Crippen molar-refractivity contribution in [3.05, 3.63) is 35.4 Å². The Morgan fingerprint density at radius 2 is 2.31 bits per heavy atom. The molecule has 0 radical (unpaired) electrons. The van der Waals surface area contributed by atoms with Crippen LogP contribution in [0, 0.1) is 6.92 Å². The Labute approximate surface area is 82.2 Å². The van der Waals surface area contributed by atoms with Crippen LogP contribution in [0.15, 0.2) is 24.3 Å². The molecule has 13 heavy (non-hydrogen) atoms. The average molecular weight is 199 g/mol. The van der Waals surface area contributed by atoms with E-state index in [1.54, 1.807) is 0 Å². The molecule has 1 aromatic carbocycles. The summed E-state index contributed by atoms with van der Waals surface area (Å²) in [7, 11) is 0. The Morgan fingerprint density at radius 3 is 2.85 bits per heavy atom. The summed E-state index contributed by atoms with van der Waals surface area (Å²) in [6, 6.07) is 7.69. The topological polar surface area (TPSA) is 37.3 Å². The van der Waals surface area contributed by atoms with Gasteiger partial charge in [-0.25, -0.2) is 0 Å². The molecule has 1 unspecified atom stereocenters. The lowest BCUT2D eigenvalue weighted by Gasteiger charge is -2.04. The lowest BCUT2D eigenvalue weighted by Crippen LogP contribution is -2.15. The van der Waals surface area contributed by atoms with Gasteiger partial charge < -0.3 is 5.11 Å². The number of aryl methyl sites for hydroxylation is 1. The van der Waals surface area contributed by atoms with E-state index in [-0.39, 0.29) is 0 Å². The number of rotatable bonds is 3. The largest absolute Gasteiger partial charge is 0.480 e. The van der Waals surface area contributed by atoms with Gasteiger partial charge in [0.15, 0.2) is 0 Å². The highest BCUT2D eigenvalue weighted by molar-refractivity contribution is 6.29. The van der Waals surface area contributed by atoms with Gasteiger partial charge in [-0.3, -0.25) is 4.79 Å². The van der Waals surface area contributed by atoms with E-state index >= 15 is 0 Å². The molecule has 0 aromatic heterocycles. The lowest BCUT2D eigenvalue weighted by atomic mass is 10.1. The van der Waals surface area contributed by atoms with Crippen molar-refractivity contribution >= 4 is 17.6 Å². The normalized spacial score (nSPS) is 12.5. The molecule has 2 nitrogen and oxygen atoms in total. The van der Waals surface area contributed by atoms with Crippen LogP contribution in [0.1, 0.15) is 11.1 Å². The molecule has 1 rings (SSSR count). The van der Waals surface area contributed by atoms with Crippen molar-refractivity contribution in [2.24, 2.45) is 0 Å². The molecule has 0 fully saturated rings. The second-order valence-corrected chi connectivity index (χ2v) is 3.53. The number of halogens is 1. The summed E-state index contributed by atoms with van der Waals surface area (Å²) in [4.78, 5) is 10.5. The zero-order valence-corrected chi connectivity index (χ0v) is 8.08. The van der Waals surface area contributed by atoms with Gasteiger partial charge in [0, 0.05) is 0 Å². The molecule has 0 saturated carbocycles. The molecule has 0 aliphatic rings. The number of hydrogen-bond acceptors (Lipinski definition) is 1. The molecule has 0 heterocycles. The van der Waals surface area contributed by atoms with E-state index < -0.39 is 11.3 Å². The third-order valence-corrected chi connectivity index (χ3v) is 2.11. The van der Waals surface area contributed by atoms with E-state index in [2.05, 4.69) is 0 Å². The van der Waals surface area contributed by atoms with Crippen LogP contribution in [0.2, 0.25) is 0 Å². The minimum absolute atomic E-state index is 0.374. The first-order chi connectivity index (χ1) is 6.09. The minimum atomic E-state index is -0.969. The maximum Gasteiger partial charge on any atom is 0.321 e. The molecule has 70 valence electrons. The maximum absolute atomic E-state index is 10.5. The minimum Gasteiger partial charge on any atom is -0.480 e. The third-order valence-electron chi connectivity index (χ3n) is 1.77. The molecule has 3 heteroatoms. The molecule has 0 aliphatic heterocycles.